The molecule has 0 spiro atoms. The largest absolute Gasteiger partial charge is 0.302 e. The van der Waals surface area contributed by atoms with Gasteiger partial charge in [-0.1, -0.05) is 30.5 Å². The van der Waals surface area contributed by atoms with Crippen LogP contribution in [0.5, 0.6) is 0 Å². The number of nitrogens with one attached hydrogen (secondary N) is 1. The van der Waals surface area contributed by atoms with Gasteiger partial charge in [-0.25, -0.2) is 0 Å². The fraction of sp³-hybridized carbons (Fsp3) is 0.500. The van der Waals surface area contributed by atoms with Crippen LogP contribution >= 0.6 is 34.3 Å². The van der Waals surface area contributed by atoms with Crippen molar-refractivity contribution in [3.8, 4) is 0 Å². The van der Waals surface area contributed by atoms with Gasteiger partial charge < -0.3 is 5.32 Å². The summed E-state index contributed by atoms with van der Waals surface area (Å²) in [6.45, 7) is 2.34. The van der Waals surface area contributed by atoms with Gasteiger partial charge >= 0.3 is 0 Å². The van der Waals surface area contributed by atoms with E-state index >= 15 is 0 Å². The van der Waals surface area contributed by atoms with E-state index in [-0.39, 0.29) is 0 Å². The van der Waals surface area contributed by atoms with Crippen LogP contribution < -0.4 is 5.32 Å². The Balaban J connectivity index is 1.79. The minimum Gasteiger partial charge on any atom is -0.302 e. The summed E-state index contributed by atoms with van der Waals surface area (Å²) in [4.78, 5) is 2.70. The van der Waals surface area contributed by atoms with Crippen molar-refractivity contribution >= 4 is 34.3 Å². The molecule has 0 amide bonds. The molecule has 4 heteroatoms. The van der Waals surface area contributed by atoms with Crippen molar-refractivity contribution in [1.29, 1.82) is 0 Å². The molecule has 108 valence electrons. The van der Waals surface area contributed by atoms with Gasteiger partial charge in [-0.2, -0.15) is 0 Å². The van der Waals surface area contributed by atoms with Crippen molar-refractivity contribution in [2.45, 2.75) is 44.7 Å². The first kappa shape index (κ1) is 14.6. The third-order valence-corrected chi connectivity index (χ3v) is 6.48. The highest BCUT2D eigenvalue weighted by Crippen LogP contribution is 2.35. The van der Waals surface area contributed by atoms with Crippen molar-refractivity contribution in [2.24, 2.45) is 5.92 Å². The number of hydrogen-bond donors (Lipinski definition) is 1. The summed E-state index contributed by atoms with van der Waals surface area (Å²) in [7, 11) is 0. The number of hydrogen-bond acceptors (Lipinski definition) is 3. The highest BCUT2D eigenvalue weighted by atomic mass is 35.5. The van der Waals surface area contributed by atoms with Crippen LogP contribution in [0, 0.1) is 5.92 Å². The van der Waals surface area contributed by atoms with Crippen LogP contribution in [-0.4, -0.2) is 6.04 Å². The summed E-state index contributed by atoms with van der Waals surface area (Å²) >= 11 is 9.63. The van der Waals surface area contributed by atoms with Crippen LogP contribution in [0.25, 0.3) is 0 Å². The van der Waals surface area contributed by atoms with Crippen LogP contribution in [0.3, 0.4) is 0 Å². The van der Waals surface area contributed by atoms with Crippen molar-refractivity contribution in [3.63, 3.8) is 0 Å². The smallest absolute Gasteiger partial charge is 0.0931 e. The molecule has 0 saturated heterocycles. The molecule has 3 rings (SSSR count). The maximum atomic E-state index is 6.12. The van der Waals surface area contributed by atoms with Crippen molar-refractivity contribution < 1.29 is 0 Å². The van der Waals surface area contributed by atoms with Gasteiger partial charge in [-0.15, -0.1) is 22.7 Å². The summed E-state index contributed by atoms with van der Waals surface area (Å²) in [6.07, 6.45) is 5.53. The van der Waals surface area contributed by atoms with E-state index in [9.17, 15) is 0 Å². The predicted molar refractivity (Wildman–Crippen MR) is 90.0 cm³/mol. The summed E-state index contributed by atoms with van der Waals surface area (Å²) < 4.78 is 0.872. The fourth-order valence-corrected chi connectivity index (χ4v) is 5.12. The van der Waals surface area contributed by atoms with Crippen LogP contribution in [0.15, 0.2) is 29.6 Å². The standard InChI is InChI=1S/C16H20ClNS2/c1-11(12-5-2-3-6-12)18-16(13-7-4-10-19-13)14-8-9-15(17)20-14/h4,7-12,16,18H,2-3,5-6H2,1H3/t11-,16?/m0/s1. The monoisotopic (exact) mass is 325 g/mol. The van der Waals surface area contributed by atoms with Crippen molar-refractivity contribution in [2.75, 3.05) is 0 Å². The topological polar surface area (TPSA) is 12.0 Å². The van der Waals surface area contributed by atoms with Crippen molar-refractivity contribution in [3.05, 3.63) is 43.7 Å². The molecular weight excluding hydrogens is 306 g/mol. The van der Waals surface area contributed by atoms with Crippen LogP contribution in [0.2, 0.25) is 4.34 Å². The normalized spacial score (nSPS) is 19.3. The van der Waals surface area contributed by atoms with Crippen molar-refractivity contribution in [1.82, 2.24) is 5.32 Å². The molecule has 0 aliphatic heterocycles. The molecule has 1 aliphatic rings. The van der Waals surface area contributed by atoms with Gasteiger partial charge in [0.05, 0.1) is 10.4 Å². The van der Waals surface area contributed by atoms with E-state index in [0.717, 1.165) is 10.3 Å². The molecule has 0 bridgehead atoms. The zero-order valence-corrected chi connectivity index (χ0v) is 14.0. The maximum Gasteiger partial charge on any atom is 0.0931 e. The molecule has 1 aliphatic carbocycles. The number of halogens is 1. The highest BCUT2D eigenvalue weighted by molar-refractivity contribution is 7.16. The SMILES string of the molecule is C[C@H](NC(c1cccs1)c1ccc(Cl)s1)C1CCCC1. The zero-order valence-electron chi connectivity index (χ0n) is 11.6. The lowest BCUT2D eigenvalue weighted by Gasteiger charge is -2.26. The molecule has 1 N–H and O–H groups in total. The first-order valence-corrected chi connectivity index (χ1v) is 9.36. The second kappa shape index (κ2) is 6.61. The quantitative estimate of drug-likeness (QED) is 0.741. The van der Waals surface area contributed by atoms with Crippen LogP contribution in [-0.2, 0) is 0 Å². The maximum absolute atomic E-state index is 6.12. The lowest BCUT2D eigenvalue weighted by atomic mass is 9.98. The Labute approximate surface area is 134 Å². The zero-order chi connectivity index (χ0) is 13.9. The Morgan fingerprint density at radius 2 is 2.00 bits per heavy atom. The van der Waals surface area contributed by atoms with Gasteiger partial charge in [0, 0.05) is 15.8 Å². The molecule has 20 heavy (non-hydrogen) atoms. The molecule has 1 saturated carbocycles. The van der Waals surface area contributed by atoms with E-state index in [1.807, 2.05) is 17.4 Å². The van der Waals surface area contributed by atoms with E-state index in [4.69, 9.17) is 11.6 Å². The van der Waals surface area contributed by atoms with Crippen LogP contribution in [0.1, 0.15) is 48.4 Å². The molecule has 2 aromatic heterocycles. The summed E-state index contributed by atoms with van der Waals surface area (Å²) in [5.41, 5.74) is 0. The molecule has 1 fully saturated rings. The molecule has 0 radical (unpaired) electrons. The first-order chi connectivity index (χ1) is 9.74. The number of thiophene rings is 2. The molecule has 2 heterocycles. The Hall–Kier alpha value is -0.350. The predicted octanol–water partition coefficient (Wildman–Crippen LogP) is 5.72. The summed E-state index contributed by atoms with van der Waals surface area (Å²) in [6, 6.07) is 9.37. The lowest BCUT2D eigenvalue weighted by Crippen LogP contribution is -2.35. The highest BCUT2D eigenvalue weighted by Gasteiger charge is 2.26. The molecule has 2 atom stereocenters. The van der Waals surface area contributed by atoms with E-state index < -0.39 is 0 Å². The number of rotatable bonds is 5. The third-order valence-electron chi connectivity index (χ3n) is 4.24. The minimum absolute atomic E-state index is 0.295. The molecule has 1 nitrogen and oxygen atoms in total. The molecular formula is C16H20ClNS2. The Morgan fingerprint density at radius 3 is 2.60 bits per heavy atom. The minimum atomic E-state index is 0.295. The molecule has 0 aromatic carbocycles. The van der Waals surface area contributed by atoms with E-state index in [1.165, 1.54) is 35.4 Å². The fourth-order valence-electron chi connectivity index (χ4n) is 3.10. The Bertz CT molecular complexity index is 528. The summed E-state index contributed by atoms with van der Waals surface area (Å²) in [5.74, 6) is 0.827. The van der Waals surface area contributed by atoms with Gasteiger partial charge in [0.1, 0.15) is 0 Å². The molecule has 2 aromatic rings. The molecule has 1 unspecified atom stereocenters. The van der Waals surface area contributed by atoms with Gasteiger partial charge in [0.15, 0.2) is 0 Å². The Morgan fingerprint density at radius 1 is 1.20 bits per heavy atom. The van der Waals surface area contributed by atoms with E-state index in [2.05, 4.69) is 35.8 Å². The summed E-state index contributed by atoms with van der Waals surface area (Å²) in [5, 5.41) is 6.01. The average Bonchev–Trinajstić information content (AvgIpc) is 3.17. The van der Waals surface area contributed by atoms with Gasteiger partial charge in [0.2, 0.25) is 0 Å². The van der Waals surface area contributed by atoms with E-state index in [1.54, 1.807) is 11.3 Å². The third kappa shape index (κ3) is 3.28. The van der Waals surface area contributed by atoms with Gasteiger partial charge in [0.25, 0.3) is 0 Å². The second-order valence-corrected chi connectivity index (χ2v) is 8.32. The second-order valence-electron chi connectivity index (χ2n) is 5.59. The van der Waals surface area contributed by atoms with E-state index in [0.29, 0.717) is 12.1 Å². The van der Waals surface area contributed by atoms with Crippen LogP contribution in [0.4, 0.5) is 0 Å². The first-order valence-electron chi connectivity index (χ1n) is 7.28. The van der Waals surface area contributed by atoms with Gasteiger partial charge in [-0.05, 0) is 49.3 Å². The lowest BCUT2D eigenvalue weighted by molar-refractivity contribution is 0.364. The Kier molecular flexibility index (Phi) is 4.82. The average molecular weight is 326 g/mol. The van der Waals surface area contributed by atoms with Gasteiger partial charge in [-0.3, -0.25) is 0 Å².